The summed E-state index contributed by atoms with van der Waals surface area (Å²) in [6, 6.07) is 10.1. The quantitative estimate of drug-likeness (QED) is 0.647. The topological polar surface area (TPSA) is 0 Å². The van der Waals surface area contributed by atoms with E-state index in [-0.39, 0.29) is 0 Å². The van der Waals surface area contributed by atoms with E-state index in [4.69, 9.17) is 11.6 Å². The molecule has 2 heteroatoms. The van der Waals surface area contributed by atoms with Crippen molar-refractivity contribution in [1.82, 2.24) is 0 Å². The zero-order valence-corrected chi connectivity index (χ0v) is 9.48. The Hall–Kier alpha value is -0.530. The highest BCUT2D eigenvalue weighted by Crippen LogP contribution is 2.28. The highest BCUT2D eigenvalue weighted by molar-refractivity contribution is 9.10. The summed E-state index contributed by atoms with van der Waals surface area (Å²) in [5, 5.41) is 3.21. The Balaban J connectivity index is 2.92. The Bertz CT molecular complexity index is 463. The van der Waals surface area contributed by atoms with E-state index in [9.17, 15) is 0 Å². The van der Waals surface area contributed by atoms with Crippen LogP contribution in [0.25, 0.3) is 10.8 Å². The van der Waals surface area contributed by atoms with Crippen molar-refractivity contribution in [2.24, 2.45) is 0 Å². The summed E-state index contributed by atoms with van der Waals surface area (Å²) in [5.74, 6) is 0. The average Bonchev–Trinajstić information content (AvgIpc) is 2.12. The van der Waals surface area contributed by atoms with Crippen LogP contribution in [-0.2, 0) is 0 Å². The van der Waals surface area contributed by atoms with E-state index in [1.165, 1.54) is 16.3 Å². The van der Waals surface area contributed by atoms with E-state index in [0.29, 0.717) is 0 Å². The zero-order valence-electron chi connectivity index (χ0n) is 7.14. The lowest BCUT2D eigenvalue weighted by molar-refractivity contribution is 1.52. The maximum absolute atomic E-state index is 5.93. The van der Waals surface area contributed by atoms with Gasteiger partial charge in [0.1, 0.15) is 0 Å². The molecule has 0 aliphatic heterocycles. The van der Waals surface area contributed by atoms with Crippen molar-refractivity contribution >= 4 is 38.3 Å². The van der Waals surface area contributed by atoms with Crippen LogP contribution in [0.1, 0.15) is 5.56 Å². The largest absolute Gasteiger partial charge is 0.0843 e. The van der Waals surface area contributed by atoms with Gasteiger partial charge in [0.05, 0.1) is 0 Å². The second kappa shape index (κ2) is 3.32. The SMILES string of the molecule is Cc1ccc(Br)c2ccc(Cl)cc12. The molecule has 0 heterocycles. The maximum Gasteiger partial charge on any atom is 0.0412 e. The van der Waals surface area contributed by atoms with Crippen LogP contribution in [0.15, 0.2) is 34.8 Å². The summed E-state index contributed by atoms with van der Waals surface area (Å²) in [4.78, 5) is 0. The fourth-order valence-corrected chi connectivity index (χ4v) is 2.08. The lowest BCUT2D eigenvalue weighted by atomic mass is 10.1. The minimum Gasteiger partial charge on any atom is -0.0843 e. The number of fused-ring (bicyclic) bond motifs is 1. The van der Waals surface area contributed by atoms with E-state index < -0.39 is 0 Å². The van der Waals surface area contributed by atoms with E-state index in [0.717, 1.165) is 9.50 Å². The molecule has 2 aromatic carbocycles. The third-order valence-corrected chi connectivity index (χ3v) is 3.07. The molecule has 0 radical (unpaired) electrons. The first-order valence-corrected chi connectivity index (χ1v) is 5.20. The monoisotopic (exact) mass is 254 g/mol. The second-order valence-electron chi connectivity index (χ2n) is 3.05. The highest BCUT2D eigenvalue weighted by atomic mass is 79.9. The van der Waals surface area contributed by atoms with Crippen LogP contribution in [0.3, 0.4) is 0 Å². The molecule has 0 nitrogen and oxygen atoms in total. The number of hydrogen-bond acceptors (Lipinski definition) is 0. The summed E-state index contributed by atoms with van der Waals surface area (Å²) in [6.07, 6.45) is 0. The molecule has 0 fully saturated rings. The smallest absolute Gasteiger partial charge is 0.0412 e. The maximum atomic E-state index is 5.93. The molecule has 0 amide bonds. The summed E-state index contributed by atoms with van der Waals surface area (Å²) < 4.78 is 1.12. The van der Waals surface area contributed by atoms with Crippen molar-refractivity contribution in [1.29, 1.82) is 0 Å². The first kappa shape index (κ1) is 9.04. The van der Waals surface area contributed by atoms with Gasteiger partial charge in [0, 0.05) is 9.50 Å². The first-order valence-electron chi connectivity index (χ1n) is 4.03. The summed E-state index contributed by atoms with van der Waals surface area (Å²) >= 11 is 9.44. The minimum atomic E-state index is 0.786. The van der Waals surface area contributed by atoms with Gasteiger partial charge in [-0.3, -0.25) is 0 Å². The fraction of sp³-hybridized carbons (Fsp3) is 0.0909. The van der Waals surface area contributed by atoms with E-state index >= 15 is 0 Å². The minimum absolute atomic E-state index is 0.786. The van der Waals surface area contributed by atoms with Crippen molar-refractivity contribution in [2.75, 3.05) is 0 Å². The molecule has 0 N–H and O–H groups in total. The third kappa shape index (κ3) is 1.59. The molecule has 0 unspecified atom stereocenters. The molecular formula is C11H8BrCl. The van der Waals surface area contributed by atoms with Crippen LogP contribution >= 0.6 is 27.5 Å². The van der Waals surface area contributed by atoms with Crippen molar-refractivity contribution in [3.8, 4) is 0 Å². The van der Waals surface area contributed by atoms with Crippen LogP contribution in [0, 0.1) is 6.92 Å². The van der Waals surface area contributed by atoms with Gasteiger partial charge in [-0.05, 0) is 41.5 Å². The lowest BCUT2D eigenvalue weighted by Gasteiger charge is -2.04. The van der Waals surface area contributed by atoms with Crippen LogP contribution in [-0.4, -0.2) is 0 Å². The zero-order chi connectivity index (χ0) is 9.42. The van der Waals surface area contributed by atoms with Crippen molar-refractivity contribution in [2.45, 2.75) is 6.92 Å². The van der Waals surface area contributed by atoms with Gasteiger partial charge >= 0.3 is 0 Å². The van der Waals surface area contributed by atoms with E-state index in [1.807, 2.05) is 18.2 Å². The number of aryl methyl sites for hydroxylation is 1. The van der Waals surface area contributed by atoms with Gasteiger partial charge in [-0.2, -0.15) is 0 Å². The first-order chi connectivity index (χ1) is 6.18. The average molecular weight is 256 g/mol. The van der Waals surface area contributed by atoms with Gasteiger partial charge in [-0.15, -0.1) is 0 Å². The number of halogens is 2. The second-order valence-corrected chi connectivity index (χ2v) is 4.34. The molecule has 0 aliphatic rings. The standard InChI is InChI=1S/C11H8BrCl/c1-7-2-5-11(12)9-4-3-8(13)6-10(7)9/h2-6H,1H3. The predicted octanol–water partition coefficient (Wildman–Crippen LogP) is 4.56. The van der Waals surface area contributed by atoms with Crippen molar-refractivity contribution in [3.05, 3.63) is 45.4 Å². The molecular weight excluding hydrogens is 247 g/mol. The van der Waals surface area contributed by atoms with Crippen molar-refractivity contribution in [3.63, 3.8) is 0 Å². The van der Waals surface area contributed by atoms with Crippen LogP contribution in [0.2, 0.25) is 5.02 Å². The molecule has 13 heavy (non-hydrogen) atoms. The molecule has 0 spiro atoms. The molecule has 0 atom stereocenters. The van der Waals surface area contributed by atoms with Gasteiger partial charge < -0.3 is 0 Å². The van der Waals surface area contributed by atoms with Gasteiger partial charge in [0.25, 0.3) is 0 Å². The molecule has 2 rings (SSSR count). The highest BCUT2D eigenvalue weighted by Gasteiger charge is 2.01. The molecule has 2 aromatic rings. The van der Waals surface area contributed by atoms with Gasteiger partial charge in [-0.25, -0.2) is 0 Å². The molecule has 0 bridgehead atoms. The summed E-state index contributed by atoms with van der Waals surface area (Å²) in [7, 11) is 0. The number of hydrogen-bond donors (Lipinski definition) is 0. The Labute approximate surface area is 90.6 Å². The predicted molar refractivity (Wildman–Crippen MR) is 61.4 cm³/mol. The Morgan fingerprint density at radius 3 is 2.62 bits per heavy atom. The molecule has 0 saturated carbocycles. The Morgan fingerprint density at radius 2 is 1.85 bits per heavy atom. The van der Waals surface area contributed by atoms with Crippen LogP contribution in [0.5, 0.6) is 0 Å². The molecule has 0 aromatic heterocycles. The van der Waals surface area contributed by atoms with Crippen LogP contribution in [0.4, 0.5) is 0 Å². The van der Waals surface area contributed by atoms with Gasteiger partial charge in [-0.1, -0.05) is 39.7 Å². The molecule has 66 valence electrons. The van der Waals surface area contributed by atoms with Gasteiger partial charge in [0.15, 0.2) is 0 Å². The normalized spacial score (nSPS) is 10.7. The summed E-state index contributed by atoms with van der Waals surface area (Å²) in [6.45, 7) is 2.09. The fourth-order valence-electron chi connectivity index (χ4n) is 1.43. The summed E-state index contributed by atoms with van der Waals surface area (Å²) in [5.41, 5.74) is 1.25. The molecule has 0 aliphatic carbocycles. The Kier molecular flexibility index (Phi) is 2.31. The van der Waals surface area contributed by atoms with E-state index in [1.54, 1.807) is 0 Å². The Morgan fingerprint density at radius 1 is 1.08 bits per heavy atom. The van der Waals surface area contributed by atoms with Crippen LogP contribution < -0.4 is 0 Å². The number of benzene rings is 2. The molecule has 0 saturated heterocycles. The lowest BCUT2D eigenvalue weighted by Crippen LogP contribution is -1.79. The van der Waals surface area contributed by atoms with E-state index in [2.05, 4.69) is 35.0 Å². The number of rotatable bonds is 0. The third-order valence-electron chi connectivity index (χ3n) is 2.14. The van der Waals surface area contributed by atoms with Crippen molar-refractivity contribution < 1.29 is 0 Å². The van der Waals surface area contributed by atoms with Gasteiger partial charge in [0.2, 0.25) is 0 Å².